The summed E-state index contributed by atoms with van der Waals surface area (Å²) < 4.78 is 41.9. The second kappa shape index (κ2) is 10.4. The number of thiazole rings is 1. The highest BCUT2D eigenvalue weighted by Gasteiger charge is 2.37. The van der Waals surface area contributed by atoms with Gasteiger partial charge in [-0.15, -0.1) is 0 Å². The first-order valence-corrected chi connectivity index (χ1v) is 13.6. The van der Waals surface area contributed by atoms with Crippen molar-refractivity contribution in [3.63, 3.8) is 0 Å². The van der Waals surface area contributed by atoms with Gasteiger partial charge in [0.05, 0.1) is 33.5 Å². The summed E-state index contributed by atoms with van der Waals surface area (Å²) in [6.45, 7) is 5.47. The molecule has 2 aliphatic heterocycles. The van der Waals surface area contributed by atoms with E-state index in [1.54, 1.807) is 20.8 Å². The second-order valence-corrected chi connectivity index (χ2v) is 11.8. The van der Waals surface area contributed by atoms with E-state index in [9.17, 15) is 23.9 Å². The molecule has 2 aliphatic rings. The predicted octanol–water partition coefficient (Wildman–Crippen LogP) is 5.83. The third kappa shape index (κ3) is 5.22. The molecule has 1 aromatic heterocycles. The highest BCUT2D eigenvalue weighted by molar-refractivity contribution is 7.22. The van der Waals surface area contributed by atoms with Gasteiger partial charge in [0.25, 0.3) is 5.91 Å². The summed E-state index contributed by atoms with van der Waals surface area (Å²) in [5.74, 6) is -2.38. The molecule has 0 saturated carbocycles. The Bertz CT molecular complexity index is 1540. The number of benzene rings is 2. The van der Waals surface area contributed by atoms with Crippen molar-refractivity contribution in [2.75, 3.05) is 31.6 Å². The fourth-order valence-electron chi connectivity index (χ4n) is 4.76. The van der Waals surface area contributed by atoms with Gasteiger partial charge in [-0.05, 0) is 39.0 Å². The first kappa shape index (κ1) is 27.8. The molecule has 5 rings (SSSR count). The monoisotopic (exact) mass is 594 g/mol. The zero-order valence-electron chi connectivity index (χ0n) is 21.7. The average Bonchev–Trinajstić information content (AvgIpc) is 3.28. The topological polar surface area (TPSA) is 121 Å². The number of rotatable bonds is 2. The van der Waals surface area contributed by atoms with Gasteiger partial charge in [0.2, 0.25) is 0 Å². The van der Waals surface area contributed by atoms with Gasteiger partial charge in [-0.3, -0.25) is 10.1 Å². The molecule has 40 heavy (non-hydrogen) atoms. The van der Waals surface area contributed by atoms with Gasteiger partial charge in [-0.1, -0.05) is 22.9 Å². The maximum absolute atomic E-state index is 16.1. The number of aromatic nitrogens is 1. The van der Waals surface area contributed by atoms with Crippen LogP contribution in [-0.2, 0) is 4.74 Å². The number of carbonyl (C=O) groups is 3. The second-order valence-electron chi connectivity index (χ2n) is 10.4. The summed E-state index contributed by atoms with van der Waals surface area (Å²) in [6.07, 6.45) is -1.57. The number of halogens is 3. The zero-order valence-corrected chi connectivity index (χ0v) is 23.3. The van der Waals surface area contributed by atoms with Crippen molar-refractivity contribution in [3.05, 3.63) is 40.4 Å². The minimum atomic E-state index is -1.08. The zero-order chi connectivity index (χ0) is 28.9. The number of fused-ring (bicyclic) bond motifs is 3. The lowest BCUT2D eigenvalue weighted by molar-refractivity contribution is 0.0371. The van der Waals surface area contributed by atoms with Crippen molar-refractivity contribution in [1.82, 2.24) is 14.8 Å². The molecule has 212 valence electrons. The lowest BCUT2D eigenvalue weighted by Gasteiger charge is -2.41. The highest BCUT2D eigenvalue weighted by atomic mass is 35.5. The summed E-state index contributed by atoms with van der Waals surface area (Å²) >= 11 is 7.39. The maximum atomic E-state index is 16.1. The molecule has 3 aromatic rings. The number of carboxylic acid groups (broad SMARTS) is 1. The number of hydrogen-bond donors (Lipinski definition) is 2. The summed E-state index contributed by atoms with van der Waals surface area (Å²) in [5.41, 5.74) is -0.806. The SMILES string of the molecule is CC(C)(C)OC(=O)Nc1nc2c(-c3c(Cl)cc4c(c3F)OCC[C@H]3CN(C(=O)O)CCN3C4=O)ccc(F)c2s1. The van der Waals surface area contributed by atoms with Crippen molar-refractivity contribution in [2.45, 2.75) is 38.8 Å². The lowest BCUT2D eigenvalue weighted by Crippen LogP contribution is -2.57. The number of ether oxygens (including phenoxy) is 2. The van der Waals surface area contributed by atoms with Crippen LogP contribution >= 0.6 is 22.9 Å². The van der Waals surface area contributed by atoms with Crippen molar-refractivity contribution in [2.24, 2.45) is 0 Å². The molecule has 10 nitrogen and oxygen atoms in total. The molecule has 0 radical (unpaired) electrons. The van der Waals surface area contributed by atoms with Crippen LogP contribution in [0.1, 0.15) is 37.6 Å². The quantitative estimate of drug-likeness (QED) is 0.383. The molecule has 0 bridgehead atoms. The Balaban J connectivity index is 1.54. The molecule has 0 spiro atoms. The number of hydrogen-bond acceptors (Lipinski definition) is 7. The van der Waals surface area contributed by atoms with Gasteiger partial charge in [0.1, 0.15) is 11.4 Å². The van der Waals surface area contributed by atoms with E-state index < -0.39 is 41.4 Å². The van der Waals surface area contributed by atoms with Crippen LogP contribution in [0.3, 0.4) is 0 Å². The van der Waals surface area contributed by atoms with Gasteiger partial charge in [-0.25, -0.2) is 23.4 Å². The standard InChI is InChI=1S/C26H25ClF2N4O6S/c1-26(2,3)39-24(35)31-23-30-19-13(4-5-16(28)21(19)40-23)17-15(27)10-14-20(18(17)29)38-9-6-12-11-32(25(36)37)7-8-33(12)22(14)34/h4-5,10,12H,6-9,11H2,1-3H3,(H,36,37)(H,30,31,35)/t12-/m0/s1. The minimum Gasteiger partial charge on any atom is -0.490 e. The first-order chi connectivity index (χ1) is 18.8. The molecule has 3 heterocycles. The summed E-state index contributed by atoms with van der Waals surface area (Å²) in [7, 11) is 0. The number of piperazine rings is 1. The number of amides is 3. The van der Waals surface area contributed by atoms with E-state index >= 15 is 4.39 Å². The molecule has 1 atom stereocenters. The lowest BCUT2D eigenvalue weighted by atomic mass is 9.98. The summed E-state index contributed by atoms with van der Waals surface area (Å²) in [6, 6.07) is 3.31. The molecule has 14 heteroatoms. The molecular weight excluding hydrogens is 570 g/mol. The number of carbonyl (C=O) groups excluding carboxylic acids is 2. The van der Waals surface area contributed by atoms with Gasteiger partial charge < -0.3 is 24.4 Å². The molecule has 0 aliphatic carbocycles. The Morgan fingerprint density at radius 2 is 2.00 bits per heavy atom. The summed E-state index contributed by atoms with van der Waals surface area (Å²) in [5, 5.41) is 11.7. The highest BCUT2D eigenvalue weighted by Crippen LogP contribution is 2.44. The smallest absolute Gasteiger partial charge is 0.413 e. The molecular formula is C26H25ClF2N4O6S. The van der Waals surface area contributed by atoms with Crippen molar-refractivity contribution in [3.8, 4) is 16.9 Å². The van der Waals surface area contributed by atoms with Crippen LogP contribution in [0.4, 0.5) is 23.5 Å². The van der Waals surface area contributed by atoms with Crippen LogP contribution < -0.4 is 10.1 Å². The molecule has 2 N–H and O–H groups in total. The third-order valence-electron chi connectivity index (χ3n) is 6.49. The van der Waals surface area contributed by atoms with E-state index in [4.69, 9.17) is 21.1 Å². The van der Waals surface area contributed by atoms with E-state index in [-0.39, 0.29) is 69.1 Å². The van der Waals surface area contributed by atoms with E-state index in [1.165, 1.54) is 21.9 Å². The van der Waals surface area contributed by atoms with Gasteiger partial charge in [0, 0.05) is 37.2 Å². The Morgan fingerprint density at radius 3 is 2.70 bits per heavy atom. The van der Waals surface area contributed by atoms with Crippen LogP contribution in [0.25, 0.3) is 21.3 Å². The Kier molecular flexibility index (Phi) is 7.21. The fraction of sp³-hybridized carbons (Fsp3) is 0.385. The van der Waals surface area contributed by atoms with Gasteiger partial charge >= 0.3 is 12.2 Å². The van der Waals surface area contributed by atoms with Crippen molar-refractivity contribution < 1.29 is 37.7 Å². The maximum Gasteiger partial charge on any atom is 0.413 e. The van der Waals surface area contributed by atoms with Crippen LogP contribution in [0.15, 0.2) is 18.2 Å². The van der Waals surface area contributed by atoms with E-state index in [0.29, 0.717) is 6.42 Å². The minimum absolute atomic E-state index is 0.0202. The number of anilines is 1. The van der Waals surface area contributed by atoms with Crippen molar-refractivity contribution in [1.29, 1.82) is 0 Å². The number of nitrogens with one attached hydrogen (secondary N) is 1. The Morgan fingerprint density at radius 1 is 1.25 bits per heavy atom. The van der Waals surface area contributed by atoms with Crippen LogP contribution in [0.2, 0.25) is 5.02 Å². The molecule has 0 unspecified atom stereocenters. The van der Waals surface area contributed by atoms with Crippen LogP contribution in [0.5, 0.6) is 5.75 Å². The van der Waals surface area contributed by atoms with Gasteiger partial charge in [-0.2, -0.15) is 0 Å². The van der Waals surface area contributed by atoms with E-state index in [0.717, 1.165) is 17.4 Å². The molecule has 1 saturated heterocycles. The summed E-state index contributed by atoms with van der Waals surface area (Å²) in [4.78, 5) is 44.2. The van der Waals surface area contributed by atoms with Crippen LogP contribution in [-0.4, -0.2) is 75.9 Å². The van der Waals surface area contributed by atoms with Gasteiger partial charge in [0.15, 0.2) is 16.7 Å². The van der Waals surface area contributed by atoms with E-state index in [2.05, 4.69) is 10.3 Å². The Labute approximate surface area is 236 Å². The molecule has 2 aromatic carbocycles. The third-order valence-corrected chi connectivity index (χ3v) is 7.77. The fourth-order valence-corrected chi connectivity index (χ4v) is 5.94. The van der Waals surface area contributed by atoms with E-state index in [1.807, 2.05) is 0 Å². The largest absolute Gasteiger partial charge is 0.490 e. The number of nitrogens with zero attached hydrogens (tertiary/aromatic N) is 3. The van der Waals surface area contributed by atoms with Crippen molar-refractivity contribution >= 4 is 56.4 Å². The Hall–Kier alpha value is -3.71. The average molecular weight is 595 g/mol. The van der Waals surface area contributed by atoms with Crippen LogP contribution in [0, 0.1) is 11.6 Å². The normalized spacial score (nSPS) is 17.4. The molecule has 1 fully saturated rings. The first-order valence-electron chi connectivity index (χ1n) is 12.4. The predicted molar refractivity (Wildman–Crippen MR) is 144 cm³/mol. The molecule has 3 amide bonds.